The third-order valence-corrected chi connectivity index (χ3v) is 4.26. The number of rotatable bonds is 5. The lowest BCUT2D eigenvalue weighted by Gasteiger charge is -2.31. The van der Waals surface area contributed by atoms with Gasteiger partial charge in [0.2, 0.25) is 11.8 Å². The van der Waals surface area contributed by atoms with E-state index in [-0.39, 0.29) is 12.6 Å². The van der Waals surface area contributed by atoms with Crippen molar-refractivity contribution in [2.45, 2.75) is 19.3 Å². The minimum Gasteiger partial charge on any atom is -0.421 e. The number of aliphatic hydroxyl groups is 1. The zero-order valence-electron chi connectivity index (χ0n) is 13.5. The Hall–Kier alpha value is -2.41. The summed E-state index contributed by atoms with van der Waals surface area (Å²) in [5.41, 5.74) is 0.882. The first-order chi connectivity index (χ1) is 11.8. The average Bonchev–Trinajstić information content (AvgIpc) is 3.11. The van der Waals surface area contributed by atoms with Gasteiger partial charge in [0, 0.05) is 38.2 Å². The van der Waals surface area contributed by atoms with Crippen molar-refractivity contribution in [2.75, 3.05) is 26.2 Å². The number of hydrogen-bond donors (Lipinski definition) is 2. The van der Waals surface area contributed by atoms with Crippen LogP contribution in [0.3, 0.4) is 0 Å². The van der Waals surface area contributed by atoms with Crippen LogP contribution in [0.25, 0.3) is 11.5 Å². The van der Waals surface area contributed by atoms with Gasteiger partial charge < -0.3 is 19.7 Å². The topological polar surface area (TPSA) is 91.5 Å². The maximum atomic E-state index is 12.1. The molecule has 1 aromatic carbocycles. The van der Waals surface area contributed by atoms with Gasteiger partial charge in [-0.25, -0.2) is 4.79 Å². The van der Waals surface area contributed by atoms with Gasteiger partial charge in [0.25, 0.3) is 0 Å². The standard InChI is InChI=1S/C17H22N4O3/c22-12-13-7-10-21(11-8-13)17(23)18-9-6-15-19-20-16(24-15)14-4-2-1-3-5-14/h1-5,13,22H,6-12H2,(H,18,23). The summed E-state index contributed by atoms with van der Waals surface area (Å²) in [5, 5.41) is 20.0. The van der Waals surface area contributed by atoms with Crippen LogP contribution in [0.4, 0.5) is 4.79 Å². The molecule has 2 heterocycles. The van der Waals surface area contributed by atoms with Gasteiger partial charge >= 0.3 is 6.03 Å². The van der Waals surface area contributed by atoms with Crippen LogP contribution in [-0.2, 0) is 6.42 Å². The lowest BCUT2D eigenvalue weighted by atomic mass is 9.98. The quantitative estimate of drug-likeness (QED) is 0.870. The van der Waals surface area contributed by atoms with Crippen molar-refractivity contribution in [1.29, 1.82) is 0 Å². The molecule has 0 bridgehead atoms. The second-order valence-electron chi connectivity index (χ2n) is 5.96. The normalized spacial score (nSPS) is 15.5. The molecular weight excluding hydrogens is 308 g/mol. The van der Waals surface area contributed by atoms with Gasteiger partial charge in [-0.15, -0.1) is 10.2 Å². The van der Waals surface area contributed by atoms with E-state index in [1.54, 1.807) is 4.90 Å². The first-order valence-electron chi connectivity index (χ1n) is 8.27. The van der Waals surface area contributed by atoms with Crippen LogP contribution < -0.4 is 5.32 Å². The highest BCUT2D eigenvalue weighted by atomic mass is 16.4. The maximum absolute atomic E-state index is 12.1. The van der Waals surface area contributed by atoms with Gasteiger partial charge in [0.05, 0.1) is 0 Å². The summed E-state index contributed by atoms with van der Waals surface area (Å²) in [5.74, 6) is 1.32. The van der Waals surface area contributed by atoms with Crippen LogP contribution in [0.5, 0.6) is 0 Å². The Balaban J connectivity index is 1.44. The minimum atomic E-state index is -0.0748. The molecule has 24 heavy (non-hydrogen) atoms. The molecule has 7 heteroatoms. The van der Waals surface area contributed by atoms with Crippen molar-refractivity contribution in [2.24, 2.45) is 5.92 Å². The number of carbonyl (C=O) groups is 1. The number of benzene rings is 1. The highest BCUT2D eigenvalue weighted by molar-refractivity contribution is 5.74. The maximum Gasteiger partial charge on any atom is 0.317 e. The third kappa shape index (κ3) is 4.11. The van der Waals surface area contributed by atoms with Gasteiger partial charge in [-0.1, -0.05) is 18.2 Å². The Labute approximate surface area is 140 Å². The zero-order valence-corrected chi connectivity index (χ0v) is 13.5. The van der Waals surface area contributed by atoms with Crippen LogP contribution in [0.1, 0.15) is 18.7 Å². The zero-order chi connectivity index (χ0) is 16.8. The summed E-state index contributed by atoms with van der Waals surface area (Å²) in [4.78, 5) is 13.9. The summed E-state index contributed by atoms with van der Waals surface area (Å²) < 4.78 is 5.61. The van der Waals surface area contributed by atoms with Crippen LogP contribution >= 0.6 is 0 Å². The van der Waals surface area contributed by atoms with Gasteiger partial charge in [0.15, 0.2) is 0 Å². The van der Waals surface area contributed by atoms with Crippen molar-refractivity contribution in [1.82, 2.24) is 20.4 Å². The number of aliphatic hydroxyl groups excluding tert-OH is 1. The highest BCUT2D eigenvalue weighted by Gasteiger charge is 2.22. The fourth-order valence-corrected chi connectivity index (χ4v) is 2.76. The molecule has 0 atom stereocenters. The number of nitrogens with zero attached hydrogens (tertiary/aromatic N) is 3. The third-order valence-electron chi connectivity index (χ3n) is 4.26. The lowest BCUT2D eigenvalue weighted by molar-refractivity contribution is 0.137. The van der Waals surface area contributed by atoms with Crippen molar-refractivity contribution in [3.05, 3.63) is 36.2 Å². The lowest BCUT2D eigenvalue weighted by Crippen LogP contribution is -2.45. The second kappa shape index (κ2) is 7.92. The molecular formula is C17H22N4O3. The predicted octanol–water partition coefficient (Wildman–Crippen LogP) is 1.69. The molecule has 128 valence electrons. The Kier molecular flexibility index (Phi) is 5.43. The SMILES string of the molecule is O=C(NCCc1nnc(-c2ccccc2)o1)N1CCC(CO)CC1. The summed E-state index contributed by atoms with van der Waals surface area (Å²) in [7, 11) is 0. The van der Waals surface area contributed by atoms with E-state index in [0.717, 1.165) is 18.4 Å². The van der Waals surface area contributed by atoms with E-state index in [9.17, 15) is 4.79 Å². The Morgan fingerprint density at radius 1 is 1.25 bits per heavy atom. The van der Waals surface area contributed by atoms with E-state index < -0.39 is 0 Å². The van der Waals surface area contributed by atoms with Crippen LogP contribution in [0, 0.1) is 5.92 Å². The molecule has 3 rings (SSSR count). The van der Waals surface area contributed by atoms with Crippen LogP contribution in [0.2, 0.25) is 0 Å². The fraction of sp³-hybridized carbons (Fsp3) is 0.471. The largest absolute Gasteiger partial charge is 0.421 e. The molecule has 1 aliphatic rings. The average molecular weight is 330 g/mol. The Morgan fingerprint density at radius 2 is 2.00 bits per heavy atom. The molecule has 1 aliphatic heterocycles. The van der Waals surface area contributed by atoms with Crippen LogP contribution in [0.15, 0.2) is 34.7 Å². The molecule has 7 nitrogen and oxygen atoms in total. The molecule has 0 aliphatic carbocycles. The molecule has 0 saturated carbocycles. The van der Waals surface area contributed by atoms with Gasteiger partial charge in [0.1, 0.15) is 0 Å². The molecule has 1 aromatic heterocycles. The number of amides is 2. The first-order valence-corrected chi connectivity index (χ1v) is 8.27. The minimum absolute atomic E-state index is 0.0748. The summed E-state index contributed by atoms with van der Waals surface area (Å²) in [6.07, 6.45) is 2.21. The van der Waals surface area contributed by atoms with E-state index in [2.05, 4.69) is 15.5 Å². The van der Waals surface area contributed by atoms with E-state index in [1.807, 2.05) is 30.3 Å². The van der Waals surface area contributed by atoms with Crippen molar-refractivity contribution >= 4 is 6.03 Å². The van der Waals surface area contributed by atoms with Crippen molar-refractivity contribution in [3.8, 4) is 11.5 Å². The monoisotopic (exact) mass is 330 g/mol. The van der Waals surface area contributed by atoms with Crippen molar-refractivity contribution in [3.63, 3.8) is 0 Å². The number of likely N-dealkylation sites (tertiary alicyclic amines) is 1. The summed E-state index contributed by atoms with van der Waals surface area (Å²) >= 11 is 0. The van der Waals surface area contributed by atoms with Crippen LogP contribution in [-0.4, -0.2) is 52.5 Å². The number of carbonyl (C=O) groups excluding carboxylic acids is 1. The molecule has 2 amide bonds. The van der Waals surface area contributed by atoms with Gasteiger partial charge in [-0.3, -0.25) is 0 Å². The Morgan fingerprint density at radius 3 is 2.71 bits per heavy atom. The number of urea groups is 1. The molecule has 2 N–H and O–H groups in total. The first kappa shape index (κ1) is 16.4. The molecule has 1 fully saturated rings. The highest BCUT2D eigenvalue weighted by Crippen LogP contribution is 2.17. The van der Waals surface area contributed by atoms with E-state index >= 15 is 0 Å². The van der Waals surface area contributed by atoms with Gasteiger partial charge in [-0.2, -0.15) is 0 Å². The number of piperidine rings is 1. The molecule has 2 aromatic rings. The molecule has 0 unspecified atom stereocenters. The number of nitrogens with one attached hydrogen (secondary N) is 1. The smallest absolute Gasteiger partial charge is 0.317 e. The summed E-state index contributed by atoms with van der Waals surface area (Å²) in [6, 6.07) is 9.51. The summed E-state index contributed by atoms with van der Waals surface area (Å²) in [6.45, 7) is 2.04. The number of aromatic nitrogens is 2. The number of hydrogen-bond acceptors (Lipinski definition) is 5. The van der Waals surface area contributed by atoms with E-state index in [1.165, 1.54) is 0 Å². The second-order valence-corrected chi connectivity index (χ2v) is 5.96. The van der Waals surface area contributed by atoms with Crippen molar-refractivity contribution < 1.29 is 14.3 Å². The molecule has 1 saturated heterocycles. The fourth-order valence-electron chi connectivity index (χ4n) is 2.76. The van der Waals surface area contributed by atoms with Gasteiger partial charge in [-0.05, 0) is 30.9 Å². The van der Waals surface area contributed by atoms with E-state index in [4.69, 9.17) is 9.52 Å². The Bertz CT molecular complexity index is 651. The molecule has 0 spiro atoms. The van der Waals surface area contributed by atoms with E-state index in [0.29, 0.717) is 43.8 Å². The predicted molar refractivity (Wildman–Crippen MR) is 88.2 cm³/mol. The molecule has 0 radical (unpaired) electrons.